The molecular weight excluding hydrogens is 364 g/mol. The normalized spacial score (nSPS) is 13.6. The van der Waals surface area contributed by atoms with E-state index in [2.05, 4.69) is 6.07 Å². The van der Waals surface area contributed by atoms with E-state index in [0.717, 1.165) is 21.8 Å². The minimum absolute atomic E-state index is 0.0456. The van der Waals surface area contributed by atoms with Crippen molar-refractivity contribution in [3.8, 4) is 5.75 Å². The zero-order valence-corrected chi connectivity index (χ0v) is 16.1. The molecule has 6 heteroatoms. The molecule has 5 rings (SSSR count). The zero-order valence-electron chi connectivity index (χ0n) is 16.1. The van der Waals surface area contributed by atoms with Crippen molar-refractivity contribution < 1.29 is 9.53 Å². The van der Waals surface area contributed by atoms with Crippen molar-refractivity contribution in [3.63, 3.8) is 0 Å². The van der Waals surface area contributed by atoms with Gasteiger partial charge in [0, 0.05) is 20.1 Å². The van der Waals surface area contributed by atoms with Gasteiger partial charge in [-0.15, -0.1) is 0 Å². The number of carbonyl (C=O) groups excluding carboxylic acids is 1. The van der Waals surface area contributed by atoms with Gasteiger partial charge in [-0.25, -0.2) is 9.97 Å². The molecule has 0 saturated heterocycles. The Kier molecular flexibility index (Phi) is 4.24. The molecule has 1 aromatic heterocycles. The minimum Gasteiger partial charge on any atom is -0.484 e. The fourth-order valence-electron chi connectivity index (χ4n) is 3.60. The van der Waals surface area contributed by atoms with E-state index in [1.807, 2.05) is 72.6 Å². The van der Waals surface area contributed by atoms with Crippen LogP contribution in [0.1, 0.15) is 0 Å². The highest BCUT2D eigenvalue weighted by Crippen LogP contribution is 2.30. The number of nitrogens with zero attached hydrogens (tertiary/aromatic N) is 4. The van der Waals surface area contributed by atoms with Gasteiger partial charge in [0.15, 0.2) is 18.2 Å². The number of hydrogen-bond acceptors (Lipinski definition) is 5. The van der Waals surface area contributed by atoms with Gasteiger partial charge in [0.1, 0.15) is 5.75 Å². The van der Waals surface area contributed by atoms with Crippen LogP contribution in [0.2, 0.25) is 0 Å². The largest absolute Gasteiger partial charge is 0.484 e. The summed E-state index contributed by atoms with van der Waals surface area (Å²) in [5.74, 6) is 1.85. The molecule has 0 radical (unpaired) electrons. The summed E-state index contributed by atoms with van der Waals surface area (Å²) in [6, 6.07) is 21.6. The van der Waals surface area contributed by atoms with E-state index in [-0.39, 0.29) is 12.5 Å². The van der Waals surface area contributed by atoms with Gasteiger partial charge in [-0.05, 0) is 35.0 Å². The summed E-state index contributed by atoms with van der Waals surface area (Å²) >= 11 is 0. The third-order valence-electron chi connectivity index (χ3n) is 5.19. The number of likely N-dealkylation sites (N-methyl/N-ethyl adjacent to an activating group) is 1. The third-order valence-corrected chi connectivity index (χ3v) is 5.19. The van der Waals surface area contributed by atoms with Gasteiger partial charge >= 0.3 is 0 Å². The van der Waals surface area contributed by atoms with E-state index < -0.39 is 0 Å². The fraction of sp³-hybridized carbons (Fsp3) is 0.174. The molecule has 0 spiro atoms. The molecule has 0 aliphatic carbocycles. The maximum absolute atomic E-state index is 13.0. The predicted octanol–water partition coefficient (Wildman–Crippen LogP) is 3.64. The summed E-state index contributed by atoms with van der Waals surface area (Å²) in [5.41, 5.74) is 1.59. The van der Waals surface area contributed by atoms with E-state index in [1.165, 1.54) is 0 Å². The molecule has 0 bridgehead atoms. The van der Waals surface area contributed by atoms with Crippen LogP contribution in [0.3, 0.4) is 0 Å². The molecule has 3 aromatic carbocycles. The molecule has 1 amide bonds. The number of benzene rings is 3. The van der Waals surface area contributed by atoms with Gasteiger partial charge in [0.2, 0.25) is 0 Å². The number of carbonyl (C=O) groups is 1. The van der Waals surface area contributed by atoms with Gasteiger partial charge in [0.05, 0.1) is 11.0 Å². The second kappa shape index (κ2) is 7.05. The number of ether oxygens (including phenoxy) is 1. The molecule has 1 aliphatic rings. The first kappa shape index (κ1) is 17.4. The van der Waals surface area contributed by atoms with Gasteiger partial charge in [-0.3, -0.25) is 9.69 Å². The number of hydrogen-bond donors (Lipinski definition) is 0. The highest BCUT2D eigenvalue weighted by Gasteiger charge is 2.28. The van der Waals surface area contributed by atoms with Crippen LogP contribution in [0.4, 0.5) is 11.6 Å². The standard InChI is InChI=1S/C23H20N4O2/c1-26-12-13-27(23-22(26)24-19-8-4-5-9-20(19)25-23)21(28)15-29-18-11-10-16-6-2-3-7-17(16)14-18/h2-11,14H,12-13,15H2,1H3. The molecule has 0 saturated carbocycles. The average Bonchev–Trinajstić information content (AvgIpc) is 2.76. The topological polar surface area (TPSA) is 58.6 Å². The molecule has 6 nitrogen and oxygen atoms in total. The summed E-state index contributed by atoms with van der Waals surface area (Å²) in [6.07, 6.45) is 0. The average molecular weight is 384 g/mol. The number of rotatable bonds is 3. The molecule has 0 N–H and O–H groups in total. The van der Waals surface area contributed by atoms with Crippen LogP contribution in [-0.2, 0) is 4.79 Å². The van der Waals surface area contributed by atoms with Crippen LogP contribution in [0.25, 0.3) is 21.8 Å². The molecule has 4 aromatic rings. The van der Waals surface area contributed by atoms with Gasteiger partial charge in [-0.2, -0.15) is 0 Å². The van der Waals surface area contributed by atoms with Crippen molar-refractivity contribution in [2.75, 3.05) is 36.5 Å². The molecule has 0 unspecified atom stereocenters. The lowest BCUT2D eigenvalue weighted by Gasteiger charge is -2.33. The number of anilines is 2. The summed E-state index contributed by atoms with van der Waals surface area (Å²) in [6.45, 7) is 1.20. The zero-order chi connectivity index (χ0) is 19.8. The van der Waals surface area contributed by atoms with E-state index in [9.17, 15) is 4.79 Å². The van der Waals surface area contributed by atoms with Gasteiger partial charge in [-0.1, -0.05) is 42.5 Å². The van der Waals surface area contributed by atoms with Crippen LogP contribution in [0.15, 0.2) is 66.7 Å². The second-order valence-corrected chi connectivity index (χ2v) is 7.12. The van der Waals surface area contributed by atoms with Crippen molar-refractivity contribution in [2.45, 2.75) is 0 Å². The molecule has 0 atom stereocenters. The first-order chi connectivity index (χ1) is 14.2. The fourth-order valence-corrected chi connectivity index (χ4v) is 3.60. The van der Waals surface area contributed by atoms with Crippen LogP contribution in [-0.4, -0.2) is 42.6 Å². The Labute approximate surface area is 168 Å². The highest BCUT2D eigenvalue weighted by atomic mass is 16.5. The van der Waals surface area contributed by atoms with E-state index in [0.29, 0.717) is 30.5 Å². The summed E-state index contributed by atoms with van der Waals surface area (Å²) < 4.78 is 5.81. The lowest BCUT2D eigenvalue weighted by Crippen LogP contribution is -2.45. The van der Waals surface area contributed by atoms with Crippen molar-refractivity contribution >= 4 is 39.3 Å². The Bertz CT molecular complexity index is 1220. The Hall–Kier alpha value is -3.67. The Morgan fingerprint density at radius 3 is 2.38 bits per heavy atom. The van der Waals surface area contributed by atoms with Crippen molar-refractivity contribution in [2.24, 2.45) is 0 Å². The van der Waals surface area contributed by atoms with E-state index >= 15 is 0 Å². The molecule has 29 heavy (non-hydrogen) atoms. The molecule has 0 fully saturated rings. The van der Waals surface area contributed by atoms with Crippen molar-refractivity contribution in [1.82, 2.24) is 9.97 Å². The second-order valence-electron chi connectivity index (χ2n) is 7.12. The third kappa shape index (κ3) is 3.23. The number of fused-ring (bicyclic) bond motifs is 3. The van der Waals surface area contributed by atoms with Crippen LogP contribution in [0, 0.1) is 0 Å². The molecular formula is C23H20N4O2. The first-order valence-corrected chi connectivity index (χ1v) is 9.59. The Morgan fingerprint density at radius 2 is 1.59 bits per heavy atom. The first-order valence-electron chi connectivity index (χ1n) is 9.59. The van der Waals surface area contributed by atoms with Gasteiger partial charge in [0.25, 0.3) is 5.91 Å². The number of para-hydroxylation sites is 2. The predicted molar refractivity (Wildman–Crippen MR) is 115 cm³/mol. The number of amides is 1. The minimum atomic E-state index is -0.128. The SMILES string of the molecule is CN1CCN(C(=O)COc2ccc3ccccc3c2)c2nc3ccccc3nc21. The van der Waals surface area contributed by atoms with Crippen LogP contribution >= 0.6 is 0 Å². The maximum atomic E-state index is 13.0. The maximum Gasteiger partial charge on any atom is 0.266 e. The van der Waals surface area contributed by atoms with Crippen LogP contribution < -0.4 is 14.5 Å². The van der Waals surface area contributed by atoms with E-state index in [4.69, 9.17) is 14.7 Å². The number of aromatic nitrogens is 2. The quantitative estimate of drug-likeness (QED) is 0.540. The summed E-state index contributed by atoms with van der Waals surface area (Å²) in [4.78, 5) is 26.1. The lowest BCUT2D eigenvalue weighted by molar-refractivity contribution is -0.120. The lowest BCUT2D eigenvalue weighted by atomic mass is 10.1. The van der Waals surface area contributed by atoms with Gasteiger partial charge < -0.3 is 9.64 Å². The van der Waals surface area contributed by atoms with E-state index in [1.54, 1.807) is 4.90 Å². The summed E-state index contributed by atoms with van der Waals surface area (Å²) in [5, 5.41) is 2.22. The van der Waals surface area contributed by atoms with Crippen molar-refractivity contribution in [3.05, 3.63) is 66.7 Å². The monoisotopic (exact) mass is 384 g/mol. The Morgan fingerprint density at radius 1 is 0.897 bits per heavy atom. The van der Waals surface area contributed by atoms with Crippen molar-refractivity contribution in [1.29, 1.82) is 0 Å². The Balaban J connectivity index is 1.40. The highest BCUT2D eigenvalue weighted by molar-refractivity contribution is 5.98. The molecule has 144 valence electrons. The van der Waals surface area contributed by atoms with Crippen LogP contribution in [0.5, 0.6) is 5.75 Å². The molecule has 1 aliphatic heterocycles. The molecule has 2 heterocycles. The summed E-state index contributed by atoms with van der Waals surface area (Å²) in [7, 11) is 1.97. The smallest absolute Gasteiger partial charge is 0.266 e.